The summed E-state index contributed by atoms with van der Waals surface area (Å²) >= 11 is 3.29. The number of para-hydroxylation sites is 1. The van der Waals surface area contributed by atoms with Crippen LogP contribution < -0.4 is 10.1 Å². The van der Waals surface area contributed by atoms with E-state index < -0.39 is 0 Å². The number of carbonyl (C=O) groups is 1. The molecule has 0 saturated carbocycles. The maximum Gasteiger partial charge on any atom is 0.225 e. The van der Waals surface area contributed by atoms with Crippen molar-refractivity contribution in [1.29, 1.82) is 0 Å². The Kier molecular flexibility index (Phi) is 5.55. The first-order chi connectivity index (χ1) is 9.74. The van der Waals surface area contributed by atoms with E-state index in [1.54, 1.807) is 12.3 Å². The molecule has 1 N–H and O–H groups in total. The van der Waals surface area contributed by atoms with Crippen molar-refractivity contribution < 1.29 is 9.53 Å². The highest BCUT2D eigenvalue weighted by atomic mass is 79.9. The Balaban J connectivity index is 1.66. The van der Waals surface area contributed by atoms with E-state index in [4.69, 9.17) is 4.74 Å². The molecular weight excluding hydrogens is 320 g/mol. The molecule has 2 aromatic rings. The van der Waals surface area contributed by atoms with Gasteiger partial charge in [-0.1, -0.05) is 18.2 Å². The second-order valence-electron chi connectivity index (χ2n) is 4.17. The minimum atomic E-state index is -0.0588. The molecule has 5 heteroatoms. The molecule has 1 aromatic carbocycles. The number of nitrogens with one attached hydrogen (secondary N) is 1. The van der Waals surface area contributed by atoms with E-state index in [9.17, 15) is 4.79 Å². The third-order valence-electron chi connectivity index (χ3n) is 2.55. The fourth-order valence-corrected chi connectivity index (χ4v) is 1.83. The van der Waals surface area contributed by atoms with Crippen LogP contribution in [0.2, 0.25) is 0 Å². The number of anilines is 1. The van der Waals surface area contributed by atoms with Crippen LogP contribution in [0.1, 0.15) is 12.8 Å². The largest absolute Gasteiger partial charge is 0.494 e. The average Bonchev–Trinajstić information content (AvgIpc) is 2.47. The van der Waals surface area contributed by atoms with Crippen molar-refractivity contribution >= 4 is 27.7 Å². The molecule has 1 heterocycles. The van der Waals surface area contributed by atoms with Gasteiger partial charge in [-0.25, -0.2) is 4.98 Å². The van der Waals surface area contributed by atoms with Crippen molar-refractivity contribution in [3.8, 4) is 5.75 Å². The molecule has 20 heavy (non-hydrogen) atoms. The van der Waals surface area contributed by atoms with Gasteiger partial charge in [0, 0.05) is 17.1 Å². The highest BCUT2D eigenvalue weighted by Crippen LogP contribution is 2.11. The van der Waals surface area contributed by atoms with Crippen LogP contribution >= 0.6 is 15.9 Å². The SMILES string of the molecule is O=C(CCCOc1ccccc1)Nc1ccc(Br)cn1. The number of nitrogens with zero attached hydrogens (tertiary/aromatic N) is 1. The molecule has 0 aliphatic rings. The topological polar surface area (TPSA) is 51.2 Å². The lowest BCUT2D eigenvalue weighted by Crippen LogP contribution is -2.13. The van der Waals surface area contributed by atoms with Gasteiger partial charge in [0.1, 0.15) is 11.6 Å². The minimum Gasteiger partial charge on any atom is -0.494 e. The summed E-state index contributed by atoms with van der Waals surface area (Å²) < 4.78 is 6.40. The van der Waals surface area contributed by atoms with Crippen LogP contribution in [-0.2, 0) is 4.79 Å². The second-order valence-corrected chi connectivity index (χ2v) is 5.09. The summed E-state index contributed by atoms with van der Waals surface area (Å²) in [4.78, 5) is 15.8. The molecule has 0 radical (unpaired) electrons. The van der Waals surface area contributed by atoms with Crippen LogP contribution in [0.15, 0.2) is 53.1 Å². The summed E-state index contributed by atoms with van der Waals surface area (Å²) in [6.45, 7) is 0.519. The van der Waals surface area contributed by atoms with Crippen molar-refractivity contribution in [1.82, 2.24) is 4.98 Å². The summed E-state index contributed by atoms with van der Waals surface area (Å²) in [7, 11) is 0. The third-order valence-corrected chi connectivity index (χ3v) is 3.02. The minimum absolute atomic E-state index is 0.0588. The fraction of sp³-hybridized carbons (Fsp3) is 0.200. The van der Waals surface area contributed by atoms with E-state index >= 15 is 0 Å². The standard InChI is InChI=1S/C15H15BrN2O2/c16-12-8-9-14(17-11-12)18-15(19)7-4-10-20-13-5-2-1-3-6-13/h1-3,5-6,8-9,11H,4,7,10H2,(H,17,18,19). The van der Waals surface area contributed by atoms with Crippen LogP contribution in [-0.4, -0.2) is 17.5 Å². The van der Waals surface area contributed by atoms with Crippen molar-refractivity contribution in [2.45, 2.75) is 12.8 Å². The van der Waals surface area contributed by atoms with Gasteiger partial charge in [0.2, 0.25) is 5.91 Å². The van der Waals surface area contributed by atoms with Gasteiger partial charge in [0.25, 0.3) is 0 Å². The zero-order valence-electron chi connectivity index (χ0n) is 10.9. The van der Waals surface area contributed by atoms with Gasteiger partial charge in [0.15, 0.2) is 0 Å². The number of amides is 1. The molecule has 0 atom stereocenters. The quantitative estimate of drug-likeness (QED) is 0.820. The summed E-state index contributed by atoms with van der Waals surface area (Å²) in [5.74, 6) is 1.32. The lowest BCUT2D eigenvalue weighted by molar-refractivity contribution is -0.116. The van der Waals surface area contributed by atoms with Crippen LogP contribution in [0, 0.1) is 0 Å². The molecule has 2 rings (SSSR count). The molecule has 4 nitrogen and oxygen atoms in total. The van der Waals surface area contributed by atoms with E-state index in [1.807, 2.05) is 36.4 Å². The van der Waals surface area contributed by atoms with Crippen molar-refractivity contribution in [3.05, 3.63) is 53.1 Å². The molecule has 0 fully saturated rings. The van der Waals surface area contributed by atoms with Crippen molar-refractivity contribution in [2.24, 2.45) is 0 Å². The number of rotatable bonds is 6. The number of halogens is 1. The lowest BCUT2D eigenvalue weighted by Gasteiger charge is -2.06. The van der Waals surface area contributed by atoms with Gasteiger partial charge in [-0.05, 0) is 46.6 Å². The van der Waals surface area contributed by atoms with Crippen LogP contribution in [0.4, 0.5) is 5.82 Å². The molecule has 0 unspecified atom stereocenters. The summed E-state index contributed by atoms with van der Waals surface area (Å²) in [6, 6.07) is 13.1. The van der Waals surface area contributed by atoms with Gasteiger partial charge in [-0.3, -0.25) is 4.79 Å². The fourth-order valence-electron chi connectivity index (χ4n) is 1.59. The maximum atomic E-state index is 11.7. The molecule has 104 valence electrons. The molecule has 0 spiro atoms. The maximum absolute atomic E-state index is 11.7. The third kappa shape index (κ3) is 5.01. The monoisotopic (exact) mass is 334 g/mol. The van der Waals surface area contributed by atoms with Gasteiger partial charge in [-0.15, -0.1) is 0 Å². The van der Waals surface area contributed by atoms with E-state index in [-0.39, 0.29) is 5.91 Å². The smallest absolute Gasteiger partial charge is 0.225 e. The predicted octanol–water partition coefficient (Wildman–Crippen LogP) is 3.64. The summed E-state index contributed by atoms with van der Waals surface area (Å²) in [6.07, 6.45) is 2.72. The van der Waals surface area contributed by atoms with Gasteiger partial charge >= 0.3 is 0 Å². The Morgan fingerprint density at radius 1 is 1.20 bits per heavy atom. The number of hydrogen-bond acceptors (Lipinski definition) is 3. The number of ether oxygens (including phenoxy) is 1. The van der Waals surface area contributed by atoms with E-state index in [1.165, 1.54) is 0 Å². The van der Waals surface area contributed by atoms with Crippen LogP contribution in [0.3, 0.4) is 0 Å². The number of hydrogen-bond donors (Lipinski definition) is 1. The van der Waals surface area contributed by atoms with Crippen LogP contribution in [0.5, 0.6) is 5.75 Å². The second kappa shape index (κ2) is 7.65. The summed E-state index contributed by atoms with van der Waals surface area (Å²) in [5.41, 5.74) is 0. The Bertz CT molecular complexity index is 544. The zero-order chi connectivity index (χ0) is 14.2. The predicted molar refractivity (Wildman–Crippen MR) is 81.7 cm³/mol. The molecule has 0 aliphatic heterocycles. The first-order valence-electron chi connectivity index (χ1n) is 6.33. The Morgan fingerprint density at radius 3 is 2.70 bits per heavy atom. The summed E-state index contributed by atoms with van der Waals surface area (Å²) in [5, 5.41) is 2.74. The Labute approximate surface area is 126 Å². The normalized spacial score (nSPS) is 10.1. The molecule has 0 bridgehead atoms. The first kappa shape index (κ1) is 14.5. The number of pyridine rings is 1. The first-order valence-corrected chi connectivity index (χ1v) is 7.12. The molecule has 1 amide bonds. The zero-order valence-corrected chi connectivity index (χ0v) is 12.5. The lowest BCUT2D eigenvalue weighted by atomic mass is 10.3. The van der Waals surface area contributed by atoms with Crippen molar-refractivity contribution in [3.63, 3.8) is 0 Å². The van der Waals surface area contributed by atoms with Gasteiger partial charge in [-0.2, -0.15) is 0 Å². The number of benzene rings is 1. The Morgan fingerprint density at radius 2 is 2.00 bits per heavy atom. The van der Waals surface area contributed by atoms with E-state index in [0.717, 1.165) is 10.2 Å². The molecular formula is C15H15BrN2O2. The van der Waals surface area contributed by atoms with Crippen molar-refractivity contribution in [2.75, 3.05) is 11.9 Å². The van der Waals surface area contributed by atoms with Gasteiger partial charge in [0.05, 0.1) is 6.61 Å². The Hall–Kier alpha value is -1.88. The van der Waals surface area contributed by atoms with Crippen LogP contribution in [0.25, 0.3) is 0 Å². The highest BCUT2D eigenvalue weighted by molar-refractivity contribution is 9.10. The highest BCUT2D eigenvalue weighted by Gasteiger charge is 2.03. The number of carbonyl (C=O) groups excluding carboxylic acids is 1. The average molecular weight is 335 g/mol. The molecule has 0 aliphatic carbocycles. The van der Waals surface area contributed by atoms with E-state index in [2.05, 4.69) is 26.2 Å². The van der Waals surface area contributed by atoms with E-state index in [0.29, 0.717) is 25.3 Å². The molecule has 1 aromatic heterocycles. The number of aromatic nitrogens is 1. The van der Waals surface area contributed by atoms with Gasteiger partial charge < -0.3 is 10.1 Å². The molecule has 0 saturated heterocycles.